The second kappa shape index (κ2) is 8.23. The lowest BCUT2D eigenvalue weighted by molar-refractivity contribution is -0.401. The first-order valence-corrected chi connectivity index (χ1v) is 9.75. The normalized spacial score (nSPS) is 10.6. The minimum Gasteiger partial charge on any atom is -0.280 e. The number of nitro benzene ring substituents is 3. The van der Waals surface area contributed by atoms with E-state index in [0.717, 1.165) is 4.70 Å². The highest BCUT2D eigenvalue weighted by atomic mass is 32.1. The van der Waals surface area contributed by atoms with Crippen molar-refractivity contribution in [3.8, 4) is 0 Å². The van der Waals surface area contributed by atoms with Crippen LogP contribution in [0.25, 0.3) is 10.2 Å². The molecule has 4 rings (SSSR count). The molecule has 0 radical (unpaired) electrons. The van der Waals surface area contributed by atoms with Gasteiger partial charge in [0, 0.05) is 0 Å². The third-order valence-corrected chi connectivity index (χ3v) is 5.42. The van der Waals surface area contributed by atoms with Crippen molar-refractivity contribution in [2.24, 2.45) is 0 Å². The van der Waals surface area contributed by atoms with Crippen LogP contribution in [0.3, 0.4) is 0 Å². The summed E-state index contributed by atoms with van der Waals surface area (Å²) in [5.41, 5.74) is 0.984. The Hall–Kier alpha value is -4.65. The summed E-state index contributed by atoms with van der Waals surface area (Å²) in [7, 11) is 0. The molecular formula is C19H12N6O6S. The zero-order chi connectivity index (χ0) is 22.8. The van der Waals surface area contributed by atoms with Crippen LogP contribution in [0, 0.1) is 30.3 Å². The maximum Gasteiger partial charge on any atom is 0.308 e. The Morgan fingerprint density at radius 3 is 1.97 bits per heavy atom. The Morgan fingerprint density at radius 1 is 0.812 bits per heavy atom. The van der Waals surface area contributed by atoms with E-state index < -0.39 is 37.5 Å². The summed E-state index contributed by atoms with van der Waals surface area (Å²) in [4.78, 5) is 36.2. The Labute approximate surface area is 182 Å². The number of anilines is 3. The average molecular weight is 452 g/mol. The van der Waals surface area contributed by atoms with Crippen LogP contribution >= 0.6 is 11.3 Å². The molecule has 1 aromatic heterocycles. The predicted octanol–water partition coefficient (Wildman–Crippen LogP) is 5.19. The number of para-hydroxylation sites is 2. The molecule has 32 heavy (non-hydrogen) atoms. The number of hydrogen-bond acceptors (Lipinski definition) is 10. The van der Waals surface area contributed by atoms with Gasteiger partial charge < -0.3 is 0 Å². The highest BCUT2D eigenvalue weighted by Gasteiger charge is 2.32. The van der Waals surface area contributed by atoms with E-state index in [-0.39, 0.29) is 0 Å². The van der Waals surface area contributed by atoms with Crippen molar-refractivity contribution in [2.75, 3.05) is 10.4 Å². The molecule has 13 heteroatoms. The molecule has 0 aliphatic carbocycles. The molecule has 0 unspecified atom stereocenters. The van der Waals surface area contributed by atoms with Gasteiger partial charge in [-0.25, -0.2) is 9.99 Å². The van der Waals surface area contributed by atoms with Gasteiger partial charge in [-0.1, -0.05) is 41.7 Å². The number of hydrazine groups is 1. The van der Waals surface area contributed by atoms with Gasteiger partial charge in [0.1, 0.15) is 0 Å². The fourth-order valence-electron chi connectivity index (χ4n) is 2.97. The van der Waals surface area contributed by atoms with Gasteiger partial charge in [0.2, 0.25) is 10.8 Å². The monoisotopic (exact) mass is 452 g/mol. The number of hydrogen-bond donors (Lipinski definition) is 1. The molecule has 1 heterocycles. The number of non-ortho nitro benzene ring substituents is 1. The quantitative estimate of drug-likeness (QED) is 0.294. The van der Waals surface area contributed by atoms with Gasteiger partial charge >= 0.3 is 11.4 Å². The molecule has 3 aromatic carbocycles. The van der Waals surface area contributed by atoms with E-state index in [4.69, 9.17) is 0 Å². The molecule has 0 spiro atoms. The van der Waals surface area contributed by atoms with Crippen LogP contribution in [-0.4, -0.2) is 19.8 Å². The molecule has 0 aliphatic heterocycles. The van der Waals surface area contributed by atoms with Crippen molar-refractivity contribution in [3.05, 3.63) is 97.1 Å². The largest absolute Gasteiger partial charge is 0.308 e. The van der Waals surface area contributed by atoms with Crippen LogP contribution in [0.15, 0.2) is 66.7 Å². The van der Waals surface area contributed by atoms with Crippen molar-refractivity contribution >= 4 is 55.1 Å². The SMILES string of the molecule is O=[N+]([O-])c1cc([N+](=O)[O-])c(NN(c2ccccc2)c2nc3ccccc3s2)c([N+](=O)[O-])c1. The molecule has 0 atom stereocenters. The summed E-state index contributed by atoms with van der Waals surface area (Å²) in [6.07, 6.45) is 0. The number of nitro groups is 3. The number of nitrogens with zero attached hydrogens (tertiary/aromatic N) is 5. The third kappa shape index (κ3) is 3.87. The van der Waals surface area contributed by atoms with Crippen LogP contribution in [0.5, 0.6) is 0 Å². The average Bonchev–Trinajstić information content (AvgIpc) is 3.21. The van der Waals surface area contributed by atoms with Gasteiger partial charge in [0.25, 0.3) is 5.69 Å². The summed E-state index contributed by atoms with van der Waals surface area (Å²) in [6.45, 7) is 0. The molecule has 0 amide bonds. The Bertz CT molecular complexity index is 1290. The number of aromatic nitrogens is 1. The second-order valence-corrected chi connectivity index (χ2v) is 7.39. The minimum absolute atomic E-state index is 0.361. The Kier molecular flexibility index (Phi) is 5.30. The first-order valence-electron chi connectivity index (χ1n) is 8.94. The lowest BCUT2D eigenvalue weighted by Crippen LogP contribution is -2.25. The summed E-state index contributed by atoms with van der Waals surface area (Å²) in [5, 5.41) is 36.2. The molecule has 0 fully saturated rings. The topological polar surface area (TPSA) is 158 Å². The van der Waals surface area contributed by atoms with Gasteiger partial charge in [-0.3, -0.25) is 35.8 Å². The number of benzene rings is 3. The molecule has 4 aromatic rings. The molecule has 0 bridgehead atoms. The second-order valence-electron chi connectivity index (χ2n) is 6.38. The lowest BCUT2D eigenvalue weighted by atomic mass is 10.2. The number of rotatable bonds is 7. The molecule has 0 aliphatic rings. The van der Waals surface area contributed by atoms with E-state index in [9.17, 15) is 30.3 Å². The zero-order valence-corrected chi connectivity index (χ0v) is 16.8. The number of fused-ring (bicyclic) bond motifs is 1. The molecule has 160 valence electrons. The van der Waals surface area contributed by atoms with E-state index in [1.165, 1.54) is 16.3 Å². The van der Waals surface area contributed by atoms with Crippen LogP contribution < -0.4 is 10.4 Å². The van der Waals surface area contributed by atoms with Gasteiger partial charge in [-0.2, -0.15) is 0 Å². The van der Waals surface area contributed by atoms with Gasteiger partial charge in [-0.15, -0.1) is 0 Å². The summed E-state index contributed by atoms with van der Waals surface area (Å²) in [6, 6.07) is 17.2. The Balaban J connectivity index is 1.91. The van der Waals surface area contributed by atoms with Crippen molar-refractivity contribution < 1.29 is 14.8 Å². The smallest absolute Gasteiger partial charge is 0.280 e. The first kappa shape index (κ1) is 20.6. The molecule has 1 N–H and O–H groups in total. The first-order chi connectivity index (χ1) is 15.3. The van der Waals surface area contributed by atoms with Crippen LogP contribution in [-0.2, 0) is 0 Å². The lowest BCUT2D eigenvalue weighted by Gasteiger charge is -2.23. The van der Waals surface area contributed by atoms with Crippen molar-refractivity contribution in [2.45, 2.75) is 0 Å². The number of thiazole rings is 1. The zero-order valence-electron chi connectivity index (χ0n) is 15.9. The van der Waals surface area contributed by atoms with E-state index in [0.29, 0.717) is 28.5 Å². The van der Waals surface area contributed by atoms with Gasteiger partial charge in [0.05, 0.1) is 42.8 Å². The van der Waals surface area contributed by atoms with Crippen LogP contribution in [0.1, 0.15) is 0 Å². The fraction of sp³-hybridized carbons (Fsp3) is 0. The maximum atomic E-state index is 11.7. The van der Waals surface area contributed by atoms with Gasteiger partial charge in [-0.05, 0) is 24.3 Å². The van der Waals surface area contributed by atoms with Crippen LogP contribution in [0.4, 0.5) is 33.6 Å². The van der Waals surface area contributed by atoms with Crippen molar-refractivity contribution in [1.29, 1.82) is 0 Å². The maximum absolute atomic E-state index is 11.7. The minimum atomic E-state index is -0.924. The van der Waals surface area contributed by atoms with Gasteiger partial charge in [0.15, 0.2) is 0 Å². The van der Waals surface area contributed by atoms with E-state index in [1.54, 1.807) is 42.5 Å². The summed E-state index contributed by atoms with van der Waals surface area (Å²) in [5.74, 6) is 0. The van der Waals surface area contributed by atoms with E-state index >= 15 is 0 Å². The Morgan fingerprint density at radius 2 is 1.41 bits per heavy atom. The third-order valence-electron chi connectivity index (χ3n) is 4.40. The standard InChI is InChI=1S/C19H12N6O6S/c26-23(27)13-10-15(24(28)29)18(16(11-13)25(30)31)21-22(12-6-2-1-3-7-12)19-20-14-8-4-5-9-17(14)32-19/h1-11,21H. The number of nitrogens with one attached hydrogen (secondary N) is 1. The van der Waals surface area contributed by atoms with Crippen molar-refractivity contribution in [3.63, 3.8) is 0 Å². The molecule has 0 saturated heterocycles. The van der Waals surface area contributed by atoms with Crippen LogP contribution in [0.2, 0.25) is 0 Å². The predicted molar refractivity (Wildman–Crippen MR) is 118 cm³/mol. The molecular weight excluding hydrogens is 440 g/mol. The molecule has 0 saturated carbocycles. The van der Waals surface area contributed by atoms with Crippen molar-refractivity contribution in [1.82, 2.24) is 4.98 Å². The van der Waals surface area contributed by atoms with E-state index in [2.05, 4.69) is 10.4 Å². The highest BCUT2D eigenvalue weighted by Crippen LogP contribution is 2.41. The highest BCUT2D eigenvalue weighted by molar-refractivity contribution is 7.22. The molecule has 12 nitrogen and oxygen atoms in total. The summed E-state index contributed by atoms with van der Waals surface area (Å²) >= 11 is 1.26. The fourth-order valence-corrected chi connectivity index (χ4v) is 3.92. The van der Waals surface area contributed by atoms with E-state index in [1.807, 2.05) is 12.1 Å². The summed E-state index contributed by atoms with van der Waals surface area (Å²) < 4.78 is 0.831.